The van der Waals surface area contributed by atoms with Crippen molar-refractivity contribution in [2.45, 2.75) is 27.2 Å². The number of carbonyl (C=O) groups is 2. The van der Waals surface area contributed by atoms with Crippen molar-refractivity contribution in [1.82, 2.24) is 0 Å². The Bertz CT molecular complexity index is 213. The molecule has 3 nitrogen and oxygen atoms in total. The first kappa shape index (κ1) is 9.88. The Morgan fingerprint density at radius 3 is 1.82 bits per heavy atom. The fourth-order valence-corrected chi connectivity index (χ4v) is 0.907. The molecule has 0 amide bonds. The van der Waals surface area contributed by atoms with E-state index in [1.54, 1.807) is 6.92 Å². The number of allylic oxidation sites excluding steroid dienone is 1. The van der Waals surface area contributed by atoms with Crippen LogP contribution in [0.25, 0.3) is 0 Å². The molecule has 0 atom stereocenters. The molecular weight excluding hydrogens is 144 g/mol. The van der Waals surface area contributed by atoms with Crippen molar-refractivity contribution < 1.29 is 14.7 Å². The van der Waals surface area contributed by atoms with E-state index in [-0.39, 0.29) is 11.4 Å². The average Bonchev–Trinajstić information content (AvgIpc) is 1.88. The van der Waals surface area contributed by atoms with E-state index in [1.807, 2.05) is 0 Å². The Morgan fingerprint density at radius 1 is 1.27 bits per heavy atom. The Hall–Kier alpha value is -1.12. The Kier molecular flexibility index (Phi) is 3.51. The van der Waals surface area contributed by atoms with E-state index in [9.17, 15) is 9.59 Å². The summed E-state index contributed by atoms with van der Waals surface area (Å²) in [7, 11) is 0. The van der Waals surface area contributed by atoms with Crippen molar-refractivity contribution in [2.24, 2.45) is 0 Å². The summed E-state index contributed by atoms with van der Waals surface area (Å²) < 4.78 is 0. The molecule has 0 fully saturated rings. The highest BCUT2D eigenvalue weighted by Gasteiger charge is 2.10. The molecule has 0 aromatic rings. The quantitative estimate of drug-likeness (QED) is 0.628. The number of carbonyl (C=O) groups excluding carboxylic acids is 1. The standard InChI is InChI=1S/C8H12O3/c1-4-7(6(3)9)5(2)8(10)11/h4H2,1-3H3,(H,10,11)/b7-5-. The lowest BCUT2D eigenvalue weighted by atomic mass is 10.0. The second-order valence-corrected chi connectivity index (χ2v) is 2.32. The van der Waals surface area contributed by atoms with Gasteiger partial charge in [-0.25, -0.2) is 4.79 Å². The molecule has 11 heavy (non-hydrogen) atoms. The second-order valence-electron chi connectivity index (χ2n) is 2.32. The fourth-order valence-electron chi connectivity index (χ4n) is 0.907. The molecule has 62 valence electrons. The summed E-state index contributed by atoms with van der Waals surface area (Å²) in [5.74, 6) is -1.18. The largest absolute Gasteiger partial charge is 0.478 e. The highest BCUT2D eigenvalue weighted by molar-refractivity contribution is 6.01. The third kappa shape index (κ3) is 2.53. The molecule has 0 aliphatic rings. The van der Waals surface area contributed by atoms with Crippen LogP contribution in [0.5, 0.6) is 0 Å². The first-order valence-electron chi connectivity index (χ1n) is 3.44. The van der Waals surface area contributed by atoms with E-state index in [1.165, 1.54) is 13.8 Å². The van der Waals surface area contributed by atoms with E-state index >= 15 is 0 Å². The maximum absolute atomic E-state index is 10.8. The van der Waals surface area contributed by atoms with Crippen LogP contribution in [0.4, 0.5) is 0 Å². The number of carboxylic acid groups (broad SMARTS) is 1. The molecule has 0 radical (unpaired) electrons. The first-order chi connectivity index (χ1) is 5.00. The normalized spacial score (nSPS) is 12.3. The van der Waals surface area contributed by atoms with Gasteiger partial charge in [0, 0.05) is 11.1 Å². The number of ketones is 1. The molecule has 0 aromatic carbocycles. The van der Waals surface area contributed by atoms with Gasteiger partial charge in [0.25, 0.3) is 0 Å². The Morgan fingerprint density at radius 2 is 1.73 bits per heavy atom. The van der Waals surface area contributed by atoms with Gasteiger partial charge in [-0.1, -0.05) is 6.92 Å². The Labute approximate surface area is 65.7 Å². The summed E-state index contributed by atoms with van der Waals surface area (Å²) in [6.07, 6.45) is 0.480. The molecular formula is C8H12O3. The van der Waals surface area contributed by atoms with E-state index in [4.69, 9.17) is 5.11 Å². The van der Waals surface area contributed by atoms with Gasteiger partial charge in [0.2, 0.25) is 0 Å². The number of rotatable bonds is 3. The molecule has 0 aliphatic heterocycles. The molecule has 0 unspecified atom stereocenters. The van der Waals surface area contributed by atoms with Crippen molar-refractivity contribution in [2.75, 3.05) is 0 Å². The number of aliphatic carboxylic acids is 1. The van der Waals surface area contributed by atoms with E-state index in [0.717, 1.165) is 0 Å². The minimum absolute atomic E-state index is 0.153. The van der Waals surface area contributed by atoms with Gasteiger partial charge in [-0.05, 0) is 20.3 Å². The van der Waals surface area contributed by atoms with Crippen molar-refractivity contribution in [1.29, 1.82) is 0 Å². The van der Waals surface area contributed by atoms with Gasteiger partial charge in [-0.3, -0.25) is 4.79 Å². The molecule has 0 bridgehead atoms. The summed E-state index contributed by atoms with van der Waals surface area (Å²) in [6.45, 7) is 4.59. The van der Waals surface area contributed by atoms with Crippen molar-refractivity contribution >= 4 is 11.8 Å². The third-order valence-electron chi connectivity index (χ3n) is 1.55. The van der Waals surface area contributed by atoms with E-state index in [2.05, 4.69) is 0 Å². The molecule has 0 aliphatic carbocycles. The predicted octanol–water partition coefficient (Wildman–Crippen LogP) is 1.39. The number of carboxylic acids is 1. The highest BCUT2D eigenvalue weighted by Crippen LogP contribution is 2.09. The second kappa shape index (κ2) is 3.91. The SMILES string of the molecule is CC/C(C(C)=O)=C(\C)C(=O)O. The molecule has 0 heterocycles. The van der Waals surface area contributed by atoms with Crippen LogP contribution in [-0.2, 0) is 9.59 Å². The molecule has 0 spiro atoms. The molecule has 0 saturated carbocycles. The monoisotopic (exact) mass is 156 g/mol. The maximum Gasteiger partial charge on any atom is 0.331 e. The minimum atomic E-state index is -1.02. The summed E-state index contributed by atoms with van der Waals surface area (Å²) >= 11 is 0. The topological polar surface area (TPSA) is 54.4 Å². The van der Waals surface area contributed by atoms with Crippen LogP contribution >= 0.6 is 0 Å². The zero-order valence-electron chi connectivity index (χ0n) is 6.97. The average molecular weight is 156 g/mol. The number of Topliss-reactive ketones (excluding diaryl/α,β-unsaturated/α-hetero) is 1. The van der Waals surface area contributed by atoms with Gasteiger partial charge in [0.15, 0.2) is 5.78 Å². The summed E-state index contributed by atoms with van der Waals surface area (Å²) in [5.41, 5.74) is 0.553. The van der Waals surface area contributed by atoms with E-state index < -0.39 is 5.97 Å². The van der Waals surface area contributed by atoms with Crippen LogP contribution in [-0.4, -0.2) is 16.9 Å². The maximum atomic E-state index is 10.8. The third-order valence-corrected chi connectivity index (χ3v) is 1.55. The number of hydrogen-bond acceptors (Lipinski definition) is 2. The van der Waals surface area contributed by atoms with Crippen molar-refractivity contribution in [3.05, 3.63) is 11.1 Å². The van der Waals surface area contributed by atoms with Gasteiger partial charge < -0.3 is 5.11 Å². The smallest absolute Gasteiger partial charge is 0.331 e. The van der Waals surface area contributed by atoms with Crippen LogP contribution < -0.4 is 0 Å². The molecule has 0 rings (SSSR count). The zero-order valence-corrected chi connectivity index (χ0v) is 6.97. The van der Waals surface area contributed by atoms with Gasteiger partial charge >= 0.3 is 5.97 Å². The van der Waals surface area contributed by atoms with Crippen molar-refractivity contribution in [3.8, 4) is 0 Å². The highest BCUT2D eigenvalue weighted by atomic mass is 16.4. The fraction of sp³-hybridized carbons (Fsp3) is 0.500. The molecule has 1 N–H and O–H groups in total. The minimum Gasteiger partial charge on any atom is -0.478 e. The van der Waals surface area contributed by atoms with Gasteiger partial charge in [0.1, 0.15) is 0 Å². The van der Waals surface area contributed by atoms with Gasteiger partial charge in [-0.2, -0.15) is 0 Å². The molecule has 0 saturated heterocycles. The lowest BCUT2D eigenvalue weighted by Gasteiger charge is -2.01. The predicted molar refractivity (Wildman–Crippen MR) is 41.3 cm³/mol. The number of hydrogen-bond donors (Lipinski definition) is 1. The molecule has 0 aromatic heterocycles. The van der Waals surface area contributed by atoms with Crippen LogP contribution in [0, 0.1) is 0 Å². The lowest BCUT2D eigenvalue weighted by Crippen LogP contribution is -2.06. The van der Waals surface area contributed by atoms with Crippen molar-refractivity contribution in [3.63, 3.8) is 0 Å². The lowest BCUT2D eigenvalue weighted by molar-refractivity contribution is -0.133. The van der Waals surface area contributed by atoms with Crippen LogP contribution in [0.2, 0.25) is 0 Å². The summed E-state index contributed by atoms with van der Waals surface area (Å²) in [6, 6.07) is 0. The van der Waals surface area contributed by atoms with Crippen LogP contribution in [0.15, 0.2) is 11.1 Å². The van der Waals surface area contributed by atoms with Crippen LogP contribution in [0.3, 0.4) is 0 Å². The zero-order chi connectivity index (χ0) is 9.02. The molecule has 3 heteroatoms. The van der Waals surface area contributed by atoms with Crippen LogP contribution in [0.1, 0.15) is 27.2 Å². The summed E-state index contributed by atoms with van der Waals surface area (Å²) in [4.78, 5) is 21.2. The van der Waals surface area contributed by atoms with Gasteiger partial charge in [-0.15, -0.1) is 0 Å². The Balaban J connectivity index is 4.83. The summed E-state index contributed by atoms with van der Waals surface area (Å²) in [5, 5.41) is 8.52. The first-order valence-corrected chi connectivity index (χ1v) is 3.44. The van der Waals surface area contributed by atoms with E-state index in [0.29, 0.717) is 12.0 Å². The van der Waals surface area contributed by atoms with Gasteiger partial charge in [0.05, 0.1) is 0 Å².